The SMILES string of the molecule is CSc1cc2ccccc2n1[Si](C(C)C)(C(C)C)C(C)C. The van der Waals surface area contributed by atoms with Crippen molar-refractivity contribution < 1.29 is 0 Å². The second kappa shape index (κ2) is 6.21. The molecule has 0 aliphatic carbocycles. The van der Waals surface area contributed by atoms with Crippen LogP contribution >= 0.6 is 11.8 Å². The molecule has 1 heterocycles. The molecule has 2 rings (SSSR count). The fourth-order valence-corrected chi connectivity index (χ4v) is 12.3. The number of benzene rings is 1. The average Bonchev–Trinajstić information content (AvgIpc) is 2.77. The Hall–Kier alpha value is -0.673. The van der Waals surface area contributed by atoms with Crippen molar-refractivity contribution in [3.8, 4) is 0 Å². The highest BCUT2D eigenvalue weighted by molar-refractivity contribution is 7.98. The number of para-hydroxylation sites is 1. The highest BCUT2D eigenvalue weighted by atomic mass is 32.2. The van der Waals surface area contributed by atoms with Gasteiger partial charge in [0.05, 0.1) is 5.03 Å². The molecule has 0 saturated heterocycles. The van der Waals surface area contributed by atoms with Crippen molar-refractivity contribution in [2.75, 3.05) is 6.26 Å². The Balaban J connectivity index is 2.88. The zero-order valence-corrected chi connectivity index (χ0v) is 16.3. The summed E-state index contributed by atoms with van der Waals surface area (Å²) >= 11 is 1.90. The largest absolute Gasteiger partial charge is 0.362 e. The molecule has 0 unspecified atom stereocenters. The summed E-state index contributed by atoms with van der Waals surface area (Å²) in [5, 5.41) is 2.83. The molecule has 1 nitrogen and oxygen atoms in total. The molecular weight excluding hydrogens is 290 g/mol. The van der Waals surface area contributed by atoms with E-state index in [0.717, 1.165) is 16.6 Å². The van der Waals surface area contributed by atoms with E-state index in [-0.39, 0.29) is 0 Å². The molecule has 21 heavy (non-hydrogen) atoms. The number of aromatic nitrogens is 1. The van der Waals surface area contributed by atoms with Gasteiger partial charge in [0.15, 0.2) is 8.24 Å². The lowest BCUT2D eigenvalue weighted by molar-refractivity contribution is 0.754. The maximum atomic E-state index is 2.77. The van der Waals surface area contributed by atoms with Gasteiger partial charge in [0.25, 0.3) is 0 Å². The van der Waals surface area contributed by atoms with Crippen LogP contribution in [0.4, 0.5) is 0 Å². The van der Waals surface area contributed by atoms with Crippen molar-refractivity contribution in [1.82, 2.24) is 4.23 Å². The molecular formula is C18H29NSSi. The minimum absolute atomic E-state index is 0.721. The van der Waals surface area contributed by atoms with Gasteiger partial charge >= 0.3 is 0 Å². The van der Waals surface area contributed by atoms with E-state index in [4.69, 9.17) is 0 Å². The third kappa shape index (κ3) is 2.48. The highest BCUT2D eigenvalue weighted by Crippen LogP contribution is 2.46. The zero-order valence-electron chi connectivity index (χ0n) is 14.5. The van der Waals surface area contributed by atoms with Gasteiger partial charge in [-0.05, 0) is 40.4 Å². The summed E-state index contributed by atoms with van der Waals surface area (Å²) in [5.74, 6) is 0. The normalized spacial score (nSPS) is 13.0. The van der Waals surface area contributed by atoms with Crippen LogP contribution < -0.4 is 0 Å². The number of rotatable bonds is 5. The van der Waals surface area contributed by atoms with Crippen LogP contribution in [0.2, 0.25) is 16.6 Å². The topological polar surface area (TPSA) is 4.93 Å². The van der Waals surface area contributed by atoms with Gasteiger partial charge < -0.3 is 4.23 Å². The Morgan fingerprint density at radius 3 is 1.90 bits per heavy atom. The Bertz CT molecular complexity index is 591. The van der Waals surface area contributed by atoms with E-state index < -0.39 is 8.24 Å². The fourth-order valence-electron chi connectivity index (χ4n) is 4.45. The Morgan fingerprint density at radius 1 is 0.905 bits per heavy atom. The molecule has 0 atom stereocenters. The summed E-state index contributed by atoms with van der Waals surface area (Å²) in [6.45, 7) is 14.6. The van der Waals surface area contributed by atoms with E-state index in [9.17, 15) is 0 Å². The van der Waals surface area contributed by atoms with Gasteiger partial charge in [-0.3, -0.25) is 0 Å². The number of fused-ring (bicyclic) bond motifs is 1. The summed E-state index contributed by atoms with van der Waals surface area (Å²) < 4.78 is 2.77. The van der Waals surface area contributed by atoms with Gasteiger partial charge in [-0.1, -0.05) is 59.7 Å². The molecule has 3 heteroatoms. The first-order chi connectivity index (χ1) is 9.87. The maximum Gasteiger partial charge on any atom is 0.170 e. The van der Waals surface area contributed by atoms with Crippen LogP contribution in [0.3, 0.4) is 0 Å². The van der Waals surface area contributed by atoms with Crippen molar-refractivity contribution in [1.29, 1.82) is 0 Å². The Morgan fingerprint density at radius 2 is 1.43 bits per heavy atom. The summed E-state index contributed by atoms with van der Waals surface area (Å²) in [6, 6.07) is 11.3. The number of hydrogen-bond acceptors (Lipinski definition) is 1. The first-order valence-corrected chi connectivity index (χ1v) is 11.4. The van der Waals surface area contributed by atoms with Crippen LogP contribution in [-0.2, 0) is 0 Å². The molecule has 1 aromatic carbocycles. The lowest BCUT2D eigenvalue weighted by Crippen LogP contribution is -2.52. The van der Waals surface area contributed by atoms with Gasteiger partial charge in [-0.15, -0.1) is 11.8 Å². The second-order valence-corrected chi connectivity index (χ2v) is 13.4. The zero-order chi connectivity index (χ0) is 15.8. The summed E-state index contributed by atoms with van der Waals surface area (Å²) in [7, 11) is -1.69. The van der Waals surface area contributed by atoms with Gasteiger partial charge in [-0.25, -0.2) is 0 Å². The smallest absolute Gasteiger partial charge is 0.170 e. The number of nitrogens with zero attached hydrogens (tertiary/aromatic N) is 1. The van der Waals surface area contributed by atoms with E-state index in [1.165, 1.54) is 15.9 Å². The Labute approximate surface area is 135 Å². The number of hydrogen-bond donors (Lipinski definition) is 0. The molecule has 0 aliphatic rings. The monoisotopic (exact) mass is 319 g/mol. The molecule has 0 fully saturated rings. The molecule has 1 aromatic heterocycles. The van der Waals surface area contributed by atoms with Crippen molar-refractivity contribution >= 4 is 30.9 Å². The van der Waals surface area contributed by atoms with Crippen molar-refractivity contribution in [2.24, 2.45) is 0 Å². The Kier molecular flexibility index (Phi) is 4.94. The summed E-state index contributed by atoms with van der Waals surface area (Å²) in [4.78, 5) is 0. The third-order valence-electron chi connectivity index (χ3n) is 5.05. The predicted molar refractivity (Wildman–Crippen MR) is 100 cm³/mol. The van der Waals surface area contributed by atoms with Crippen LogP contribution in [0, 0.1) is 0 Å². The van der Waals surface area contributed by atoms with E-state index in [1.54, 1.807) is 0 Å². The lowest BCUT2D eigenvalue weighted by Gasteiger charge is -2.45. The molecule has 116 valence electrons. The molecule has 0 saturated carbocycles. The number of thioether (sulfide) groups is 1. The molecule has 0 aliphatic heterocycles. The minimum Gasteiger partial charge on any atom is -0.362 e. The second-order valence-electron chi connectivity index (χ2n) is 6.93. The highest BCUT2D eigenvalue weighted by Gasteiger charge is 2.46. The molecule has 0 bridgehead atoms. The van der Waals surface area contributed by atoms with Crippen LogP contribution in [0.5, 0.6) is 0 Å². The van der Waals surface area contributed by atoms with Crippen molar-refractivity contribution in [3.05, 3.63) is 30.3 Å². The van der Waals surface area contributed by atoms with Crippen molar-refractivity contribution in [3.63, 3.8) is 0 Å². The molecule has 0 amide bonds. The van der Waals surface area contributed by atoms with Crippen LogP contribution in [0.1, 0.15) is 41.5 Å². The molecule has 2 aromatic rings. The van der Waals surface area contributed by atoms with E-state index in [1.807, 2.05) is 11.8 Å². The summed E-state index contributed by atoms with van der Waals surface area (Å²) in [5.41, 5.74) is 3.60. The van der Waals surface area contributed by atoms with E-state index in [0.29, 0.717) is 0 Å². The first-order valence-electron chi connectivity index (χ1n) is 8.02. The fraction of sp³-hybridized carbons (Fsp3) is 0.556. The lowest BCUT2D eigenvalue weighted by atomic mass is 10.3. The molecule has 0 N–H and O–H groups in total. The maximum absolute atomic E-state index is 2.77. The molecule has 0 radical (unpaired) electrons. The van der Waals surface area contributed by atoms with Crippen LogP contribution in [-0.4, -0.2) is 18.7 Å². The van der Waals surface area contributed by atoms with Crippen molar-refractivity contribution in [2.45, 2.75) is 63.2 Å². The standard InChI is InChI=1S/C18H29NSSi/c1-13(2)21(14(3)4,15(5)6)19-17-11-9-8-10-16(17)12-18(19)20-7/h8-15H,1-7H3. The van der Waals surface area contributed by atoms with Gasteiger partial charge in [0, 0.05) is 5.52 Å². The van der Waals surface area contributed by atoms with Gasteiger partial charge in [0.1, 0.15) is 0 Å². The quantitative estimate of drug-likeness (QED) is 0.457. The van der Waals surface area contributed by atoms with Gasteiger partial charge in [0.2, 0.25) is 0 Å². The van der Waals surface area contributed by atoms with Gasteiger partial charge in [-0.2, -0.15) is 0 Å². The average molecular weight is 320 g/mol. The predicted octanol–water partition coefficient (Wildman–Crippen LogP) is 6.39. The van der Waals surface area contributed by atoms with Crippen LogP contribution in [0.25, 0.3) is 10.9 Å². The van der Waals surface area contributed by atoms with E-state index >= 15 is 0 Å². The van der Waals surface area contributed by atoms with Crippen LogP contribution in [0.15, 0.2) is 35.4 Å². The van der Waals surface area contributed by atoms with E-state index in [2.05, 4.69) is 82.4 Å². The summed E-state index contributed by atoms with van der Waals surface area (Å²) in [6.07, 6.45) is 2.21. The molecule has 0 spiro atoms. The minimum atomic E-state index is -1.69. The third-order valence-corrected chi connectivity index (χ3v) is 12.7. The first kappa shape index (κ1) is 16.7.